The van der Waals surface area contributed by atoms with Crippen LogP contribution in [0.1, 0.15) is 29.8 Å². The molecule has 2 amide bonds. The zero-order valence-electron chi connectivity index (χ0n) is 11.2. The predicted octanol–water partition coefficient (Wildman–Crippen LogP) is -0.727. The molecule has 1 aromatic rings. The van der Waals surface area contributed by atoms with Gasteiger partial charge in [0, 0.05) is 32.1 Å². The number of nitrogens with one attached hydrogen (secondary N) is 1. The number of aryl methyl sites for hydroxylation is 1. The van der Waals surface area contributed by atoms with Gasteiger partial charge in [0.15, 0.2) is 0 Å². The van der Waals surface area contributed by atoms with Crippen molar-refractivity contribution in [3.8, 4) is 0 Å². The zero-order valence-corrected chi connectivity index (χ0v) is 11.2. The van der Waals surface area contributed by atoms with Gasteiger partial charge >= 0.3 is 0 Å². The van der Waals surface area contributed by atoms with Gasteiger partial charge in [0.2, 0.25) is 5.91 Å². The molecule has 1 aromatic heterocycles. The van der Waals surface area contributed by atoms with E-state index in [4.69, 9.17) is 0 Å². The topological polar surface area (TPSA) is 84.3 Å². The highest BCUT2D eigenvalue weighted by Gasteiger charge is 2.39. The third-order valence-corrected chi connectivity index (χ3v) is 3.67. The molecule has 1 aliphatic heterocycles. The predicted molar refractivity (Wildman–Crippen MR) is 70.1 cm³/mol. The summed E-state index contributed by atoms with van der Waals surface area (Å²) in [4.78, 5) is 36.9. The number of rotatable bonds is 3. The van der Waals surface area contributed by atoms with Crippen LogP contribution in [0, 0.1) is 0 Å². The van der Waals surface area contributed by atoms with Crippen LogP contribution in [0.4, 0.5) is 0 Å². The molecule has 106 valence electrons. The minimum Gasteiger partial charge on any atom is -0.346 e. The Morgan fingerprint density at radius 2 is 2.10 bits per heavy atom. The highest BCUT2D eigenvalue weighted by molar-refractivity contribution is 5.93. The third kappa shape index (κ3) is 2.43. The first-order valence-electron chi connectivity index (χ1n) is 6.69. The normalized spacial score (nSPS) is 22.1. The number of hydrogen-bond donors (Lipinski definition) is 1. The van der Waals surface area contributed by atoms with Gasteiger partial charge in [0.25, 0.3) is 11.5 Å². The van der Waals surface area contributed by atoms with Crippen molar-refractivity contribution in [1.82, 2.24) is 20.0 Å². The maximum absolute atomic E-state index is 12.0. The maximum atomic E-state index is 12.0. The third-order valence-electron chi connectivity index (χ3n) is 3.67. The van der Waals surface area contributed by atoms with Crippen LogP contribution < -0.4 is 10.9 Å². The second kappa shape index (κ2) is 4.73. The summed E-state index contributed by atoms with van der Waals surface area (Å²) in [7, 11) is 1.49. The zero-order chi connectivity index (χ0) is 14.3. The highest BCUT2D eigenvalue weighted by atomic mass is 16.2. The lowest BCUT2D eigenvalue weighted by molar-refractivity contribution is -0.128. The second-order valence-corrected chi connectivity index (χ2v) is 5.33. The number of nitrogens with zero attached hydrogens (tertiary/aromatic N) is 3. The number of aromatic nitrogens is 2. The van der Waals surface area contributed by atoms with Crippen LogP contribution in [-0.4, -0.2) is 45.1 Å². The summed E-state index contributed by atoms with van der Waals surface area (Å²) in [6, 6.07) is 2.90. The van der Waals surface area contributed by atoms with Crippen molar-refractivity contribution in [2.75, 3.05) is 6.54 Å². The fourth-order valence-electron chi connectivity index (χ4n) is 2.45. The van der Waals surface area contributed by atoms with E-state index in [0.717, 1.165) is 17.5 Å². The highest BCUT2D eigenvalue weighted by Crippen LogP contribution is 2.30. The van der Waals surface area contributed by atoms with E-state index in [1.807, 2.05) is 4.90 Å². The molecule has 3 rings (SSSR count). The molecule has 1 N–H and O–H groups in total. The number of amides is 2. The molecule has 7 heteroatoms. The van der Waals surface area contributed by atoms with Crippen molar-refractivity contribution < 1.29 is 9.59 Å². The molecule has 2 aliphatic rings. The van der Waals surface area contributed by atoms with E-state index >= 15 is 0 Å². The van der Waals surface area contributed by atoms with Crippen LogP contribution in [0.25, 0.3) is 0 Å². The van der Waals surface area contributed by atoms with Crippen LogP contribution in [0.5, 0.6) is 0 Å². The first kappa shape index (κ1) is 12.8. The Kier molecular flexibility index (Phi) is 3.04. The molecule has 1 aliphatic carbocycles. The van der Waals surface area contributed by atoms with Crippen molar-refractivity contribution in [1.29, 1.82) is 0 Å². The molecule has 2 fully saturated rings. The lowest BCUT2D eigenvalue weighted by Gasteiger charge is -2.16. The Bertz CT molecular complexity index is 620. The maximum Gasteiger partial charge on any atom is 0.272 e. The molecule has 1 atom stereocenters. The van der Waals surface area contributed by atoms with Gasteiger partial charge in [0.05, 0.1) is 6.04 Å². The van der Waals surface area contributed by atoms with Crippen LogP contribution >= 0.6 is 0 Å². The van der Waals surface area contributed by atoms with Gasteiger partial charge in [-0.1, -0.05) is 0 Å². The van der Waals surface area contributed by atoms with Gasteiger partial charge in [-0.3, -0.25) is 14.4 Å². The molecule has 2 heterocycles. The summed E-state index contributed by atoms with van der Waals surface area (Å²) in [5, 5.41) is 6.70. The smallest absolute Gasteiger partial charge is 0.272 e. The average molecular weight is 276 g/mol. The van der Waals surface area contributed by atoms with E-state index in [2.05, 4.69) is 10.4 Å². The van der Waals surface area contributed by atoms with Crippen LogP contribution in [0.15, 0.2) is 16.9 Å². The molecule has 0 unspecified atom stereocenters. The van der Waals surface area contributed by atoms with Gasteiger partial charge in [-0.15, -0.1) is 0 Å². The van der Waals surface area contributed by atoms with Crippen molar-refractivity contribution >= 4 is 11.8 Å². The molecule has 0 bridgehead atoms. The minimum absolute atomic E-state index is 0.103. The molecular formula is C13H16N4O3. The monoisotopic (exact) mass is 276 g/mol. The Balaban J connectivity index is 1.65. The van der Waals surface area contributed by atoms with Crippen molar-refractivity contribution in [3.63, 3.8) is 0 Å². The summed E-state index contributed by atoms with van der Waals surface area (Å²) in [5.41, 5.74) is -0.0816. The van der Waals surface area contributed by atoms with Crippen LogP contribution in [0.3, 0.4) is 0 Å². The molecular weight excluding hydrogens is 260 g/mol. The average Bonchev–Trinajstić information content (AvgIpc) is 3.17. The first-order valence-corrected chi connectivity index (χ1v) is 6.69. The fraction of sp³-hybridized carbons (Fsp3) is 0.538. The van der Waals surface area contributed by atoms with Crippen molar-refractivity contribution in [2.45, 2.75) is 31.3 Å². The summed E-state index contributed by atoms with van der Waals surface area (Å²) >= 11 is 0. The van der Waals surface area contributed by atoms with E-state index in [1.54, 1.807) is 0 Å². The van der Waals surface area contributed by atoms with Crippen molar-refractivity contribution in [2.24, 2.45) is 7.05 Å². The number of carbonyl (C=O) groups excluding carboxylic acids is 2. The van der Waals surface area contributed by atoms with E-state index in [0.29, 0.717) is 19.0 Å². The SMILES string of the molecule is Cn1nc(C(=O)N[C@H]2CC(=O)N(C3CC3)C2)ccc1=O. The van der Waals surface area contributed by atoms with Gasteiger partial charge in [-0.2, -0.15) is 5.10 Å². The summed E-state index contributed by atoms with van der Waals surface area (Å²) in [6.07, 6.45) is 2.47. The molecule has 0 aromatic carbocycles. The van der Waals surface area contributed by atoms with E-state index in [1.165, 1.54) is 19.2 Å². The van der Waals surface area contributed by atoms with Gasteiger partial charge in [-0.05, 0) is 18.9 Å². The lowest BCUT2D eigenvalue weighted by atomic mass is 10.2. The van der Waals surface area contributed by atoms with Crippen molar-refractivity contribution in [3.05, 3.63) is 28.2 Å². The largest absolute Gasteiger partial charge is 0.346 e. The first-order chi connectivity index (χ1) is 9.54. The van der Waals surface area contributed by atoms with Gasteiger partial charge in [-0.25, -0.2) is 4.68 Å². The molecule has 0 spiro atoms. The summed E-state index contributed by atoms with van der Waals surface area (Å²) in [5.74, 6) is -0.248. The quantitative estimate of drug-likeness (QED) is 0.789. The Morgan fingerprint density at radius 1 is 1.35 bits per heavy atom. The number of carbonyl (C=O) groups is 2. The molecule has 7 nitrogen and oxygen atoms in total. The summed E-state index contributed by atoms with van der Waals surface area (Å²) in [6.45, 7) is 0.570. The second-order valence-electron chi connectivity index (χ2n) is 5.33. The number of hydrogen-bond acceptors (Lipinski definition) is 4. The number of likely N-dealkylation sites (tertiary alicyclic amines) is 1. The van der Waals surface area contributed by atoms with Gasteiger partial charge in [0.1, 0.15) is 5.69 Å². The Morgan fingerprint density at radius 3 is 2.75 bits per heavy atom. The lowest BCUT2D eigenvalue weighted by Crippen LogP contribution is -2.38. The van der Waals surface area contributed by atoms with E-state index < -0.39 is 0 Å². The minimum atomic E-state index is -0.351. The standard InChI is InChI=1S/C13H16N4O3/c1-16-11(18)5-4-10(15-16)13(20)14-8-6-12(19)17(7-8)9-2-3-9/h4-5,8-9H,2-3,6-7H2,1H3,(H,14,20)/t8-/m0/s1. The van der Waals surface area contributed by atoms with Gasteiger partial charge < -0.3 is 10.2 Å². The van der Waals surface area contributed by atoms with E-state index in [-0.39, 0.29) is 29.1 Å². The van der Waals surface area contributed by atoms with E-state index in [9.17, 15) is 14.4 Å². The molecule has 0 radical (unpaired) electrons. The molecule has 1 saturated carbocycles. The Labute approximate surface area is 115 Å². The van der Waals surface area contributed by atoms with Crippen LogP contribution in [-0.2, 0) is 11.8 Å². The summed E-state index contributed by atoms with van der Waals surface area (Å²) < 4.78 is 1.12. The Hall–Kier alpha value is -2.18. The molecule has 20 heavy (non-hydrogen) atoms. The molecule has 1 saturated heterocycles. The fourth-order valence-corrected chi connectivity index (χ4v) is 2.45. The van der Waals surface area contributed by atoms with Crippen LogP contribution in [0.2, 0.25) is 0 Å².